The molecule has 0 atom stereocenters. The van der Waals surface area contributed by atoms with Gasteiger partial charge in [-0.15, -0.1) is 11.8 Å². The van der Waals surface area contributed by atoms with Crippen molar-refractivity contribution in [1.82, 2.24) is 9.97 Å². The predicted octanol–water partition coefficient (Wildman–Crippen LogP) is 6.40. The van der Waals surface area contributed by atoms with Crippen LogP contribution in [0.4, 0.5) is 10.8 Å². The normalized spacial score (nSPS) is 13.3. The number of para-hydroxylation sites is 2. The molecule has 6 rings (SSSR count). The molecule has 1 amide bonds. The van der Waals surface area contributed by atoms with Crippen LogP contribution in [0.3, 0.4) is 0 Å². The summed E-state index contributed by atoms with van der Waals surface area (Å²) >= 11 is 3.07. The molecule has 1 aliphatic rings. The lowest BCUT2D eigenvalue weighted by Crippen LogP contribution is -2.35. The van der Waals surface area contributed by atoms with Gasteiger partial charge in [0.15, 0.2) is 5.13 Å². The van der Waals surface area contributed by atoms with E-state index >= 15 is 0 Å². The Kier molecular flexibility index (Phi) is 7.31. The van der Waals surface area contributed by atoms with Crippen LogP contribution in [0.15, 0.2) is 101 Å². The average Bonchev–Trinajstić information content (AvgIpc) is 3.44. The Morgan fingerprint density at radius 1 is 1.02 bits per heavy atom. The minimum absolute atomic E-state index is 0.157. The molecule has 202 valence electrons. The summed E-state index contributed by atoms with van der Waals surface area (Å²) in [6.07, 6.45) is 7.04. The Labute approximate surface area is 241 Å². The first kappa shape index (κ1) is 26.5. The summed E-state index contributed by atoms with van der Waals surface area (Å²) in [6, 6.07) is 23.6. The van der Waals surface area contributed by atoms with Crippen molar-refractivity contribution in [3.8, 4) is 0 Å². The highest BCUT2D eigenvalue weighted by Gasteiger charge is 2.29. The van der Waals surface area contributed by atoms with Crippen LogP contribution in [-0.2, 0) is 23.0 Å². The van der Waals surface area contributed by atoms with Gasteiger partial charge in [0.25, 0.3) is 15.9 Å². The fourth-order valence-corrected chi connectivity index (χ4v) is 8.05. The number of rotatable bonds is 7. The third-order valence-electron chi connectivity index (χ3n) is 6.89. The molecule has 0 radical (unpaired) electrons. The molecule has 0 saturated carbocycles. The topological polar surface area (TPSA) is 83.5 Å². The zero-order valence-corrected chi connectivity index (χ0v) is 24.2. The number of sulfonamides is 1. The second-order valence-electron chi connectivity index (χ2n) is 9.39. The van der Waals surface area contributed by atoms with Crippen molar-refractivity contribution >= 4 is 60.1 Å². The lowest BCUT2D eigenvalue weighted by Gasteiger charge is -2.30. The number of aromatic nitrogens is 2. The van der Waals surface area contributed by atoms with Crippen molar-refractivity contribution < 1.29 is 13.2 Å². The van der Waals surface area contributed by atoms with Gasteiger partial charge in [0.1, 0.15) is 0 Å². The molecular weight excluding hydrogens is 561 g/mol. The van der Waals surface area contributed by atoms with Gasteiger partial charge in [0.05, 0.1) is 27.3 Å². The van der Waals surface area contributed by atoms with Gasteiger partial charge in [-0.3, -0.25) is 19.0 Å². The molecule has 2 aromatic heterocycles. The molecular formula is C30H26N4O3S3. The van der Waals surface area contributed by atoms with Gasteiger partial charge in [-0.25, -0.2) is 13.4 Å². The summed E-state index contributed by atoms with van der Waals surface area (Å²) in [5.41, 5.74) is 3.85. The number of anilines is 2. The van der Waals surface area contributed by atoms with E-state index < -0.39 is 10.0 Å². The first-order valence-corrected chi connectivity index (χ1v) is 16.3. The molecule has 0 saturated heterocycles. The first-order valence-electron chi connectivity index (χ1n) is 12.8. The third kappa shape index (κ3) is 4.98. The monoisotopic (exact) mass is 586 g/mol. The van der Waals surface area contributed by atoms with Crippen LogP contribution >= 0.6 is 23.1 Å². The zero-order valence-electron chi connectivity index (χ0n) is 21.7. The second kappa shape index (κ2) is 11.0. The van der Waals surface area contributed by atoms with Crippen molar-refractivity contribution in [2.75, 3.05) is 22.0 Å². The highest BCUT2D eigenvalue weighted by atomic mass is 32.2. The molecule has 40 heavy (non-hydrogen) atoms. The zero-order chi connectivity index (χ0) is 27.7. The summed E-state index contributed by atoms with van der Waals surface area (Å²) in [4.78, 5) is 25.8. The van der Waals surface area contributed by atoms with E-state index in [2.05, 4.69) is 4.98 Å². The number of carbonyl (C=O) groups is 1. The number of thiazole rings is 1. The van der Waals surface area contributed by atoms with E-state index in [1.165, 1.54) is 27.8 Å². The van der Waals surface area contributed by atoms with E-state index in [-0.39, 0.29) is 17.3 Å². The maximum Gasteiger partial charge on any atom is 0.264 e. The SMILES string of the molecule is CSc1cccc2sc(N(Cc3cccnc3)C(=O)c3ccc(S(=O)(=O)N4CCCc5ccccc54)cc3)nc12. The number of thioether (sulfide) groups is 1. The molecule has 10 heteroatoms. The smallest absolute Gasteiger partial charge is 0.264 e. The van der Waals surface area contributed by atoms with Crippen LogP contribution in [0.2, 0.25) is 0 Å². The minimum Gasteiger partial charge on any atom is -0.279 e. The molecule has 1 aliphatic heterocycles. The third-order valence-corrected chi connectivity index (χ3v) is 10.5. The maximum absolute atomic E-state index is 13.9. The molecule has 3 heterocycles. The summed E-state index contributed by atoms with van der Waals surface area (Å²) in [7, 11) is -3.78. The number of hydrogen-bond donors (Lipinski definition) is 0. The summed E-state index contributed by atoms with van der Waals surface area (Å²) < 4.78 is 29.7. The number of nitrogens with zero attached hydrogens (tertiary/aromatic N) is 4. The van der Waals surface area contributed by atoms with E-state index in [1.54, 1.807) is 41.2 Å². The van der Waals surface area contributed by atoms with E-state index in [4.69, 9.17) is 4.98 Å². The van der Waals surface area contributed by atoms with Crippen molar-refractivity contribution in [1.29, 1.82) is 0 Å². The highest BCUT2D eigenvalue weighted by Crippen LogP contribution is 2.36. The Hall–Kier alpha value is -3.73. The largest absolute Gasteiger partial charge is 0.279 e. The van der Waals surface area contributed by atoms with Gasteiger partial charge in [0, 0.05) is 29.4 Å². The predicted molar refractivity (Wildman–Crippen MR) is 162 cm³/mol. The number of fused-ring (bicyclic) bond motifs is 2. The Morgan fingerprint density at radius 3 is 2.62 bits per heavy atom. The van der Waals surface area contributed by atoms with Gasteiger partial charge in [0.2, 0.25) is 0 Å². The standard InChI is InChI=1S/C30H26N4O3S3/c1-38-26-11-4-12-27-28(26)32-30(39-27)33(20-21-7-5-17-31-19-21)29(35)23-13-15-24(16-14-23)40(36,37)34-18-6-9-22-8-2-3-10-25(22)34/h2-5,7-8,10-17,19H,6,9,18,20H2,1H3. The Bertz CT molecular complexity index is 1790. The number of pyridine rings is 1. The van der Waals surface area contributed by atoms with Crippen molar-refractivity contribution in [2.24, 2.45) is 0 Å². The molecule has 0 bridgehead atoms. The molecule has 7 nitrogen and oxygen atoms in total. The van der Waals surface area contributed by atoms with Gasteiger partial charge in [-0.05, 0) is 78.8 Å². The average molecular weight is 587 g/mol. The number of carbonyl (C=O) groups excluding carboxylic acids is 1. The summed E-state index contributed by atoms with van der Waals surface area (Å²) in [5.74, 6) is -0.263. The van der Waals surface area contributed by atoms with Gasteiger partial charge >= 0.3 is 0 Å². The van der Waals surface area contributed by atoms with Crippen LogP contribution in [-0.4, -0.2) is 37.1 Å². The van der Waals surface area contributed by atoms with Gasteiger partial charge in [-0.2, -0.15) is 0 Å². The number of amides is 1. The molecule has 0 N–H and O–H groups in total. The lowest BCUT2D eigenvalue weighted by molar-refractivity contribution is 0.0985. The molecule has 3 aromatic carbocycles. The molecule has 0 spiro atoms. The van der Waals surface area contributed by atoms with Crippen LogP contribution in [0, 0.1) is 0 Å². The van der Waals surface area contributed by atoms with E-state index in [0.717, 1.165) is 44.8 Å². The quantitative estimate of drug-likeness (QED) is 0.205. The minimum atomic E-state index is -3.78. The van der Waals surface area contributed by atoms with Gasteiger partial charge < -0.3 is 0 Å². The Morgan fingerprint density at radius 2 is 1.85 bits per heavy atom. The van der Waals surface area contributed by atoms with Gasteiger partial charge in [-0.1, -0.05) is 41.7 Å². The number of aryl methyl sites for hydroxylation is 1. The highest BCUT2D eigenvalue weighted by molar-refractivity contribution is 7.98. The molecule has 5 aromatic rings. The summed E-state index contributed by atoms with van der Waals surface area (Å²) in [6.45, 7) is 0.709. The van der Waals surface area contributed by atoms with E-state index in [1.807, 2.05) is 60.9 Å². The maximum atomic E-state index is 13.9. The first-order chi connectivity index (χ1) is 19.5. The van der Waals surface area contributed by atoms with Crippen molar-refractivity contribution in [3.05, 3.63) is 108 Å². The van der Waals surface area contributed by atoms with Crippen LogP contribution < -0.4 is 9.21 Å². The summed E-state index contributed by atoms with van der Waals surface area (Å²) in [5, 5.41) is 0.576. The van der Waals surface area contributed by atoms with E-state index in [9.17, 15) is 13.2 Å². The number of hydrogen-bond acceptors (Lipinski definition) is 7. The second-order valence-corrected chi connectivity index (χ2v) is 13.1. The lowest BCUT2D eigenvalue weighted by atomic mass is 10.0. The van der Waals surface area contributed by atoms with Crippen LogP contribution in [0.5, 0.6) is 0 Å². The van der Waals surface area contributed by atoms with Crippen molar-refractivity contribution in [3.63, 3.8) is 0 Å². The molecule has 0 fully saturated rings. The number of benzene rings is 3. The Balaban J connectivity index is 1.34. The molecule has 0 unspecified atom stereocenters. The van der Waals surface area contributed by atoms with Crippen molar-refractivity contribution in [2.45, 2.75) is 29.2 Å². The molecule has 0 aliphatic carbocycles. The van der Waals surface area contributed by atoms with Crippen LogP contribution in [0.25, 0.3) is 10.2 Å². The van der Waals surface area contributed by atoms with Crippen LogP contribution in [0.1, 0.15) is 27.9 Å². The fraction of sp³-hybridized carbons (Fsp3) is 0.167. The van der Waals surface area contributed by atoms with E-state index in [0.29, 0.717) is 17.2 Å². The fourth-order valence-electron chi connectivity index (χ4n) is 4.89.